The molecule has 2 aromatic rings. The molecule has 1 amide bonds. The zero-order chi connectivity index (χ0) is 15.1. The van der Waals surface area contributed by atoms with E-state index in [1.807, 2.05) is 32.0 Å². The Morgan fingerprint density at radius 3 is 2.86 bits per heavy atom. The molecule has 2 N–H and O–H groups in total. The minimum absolute atomic E-state index is 0.123. The molecule has 6 nitrogen and oxygen atoms in total. The number of anilines is 1. The first-order valence-electron chi connectivity index (χ1n) is 6.95. The number of amides is 1. The number of carbonyl (C=O) groups is 1. The van der Waals surface area contributed by atoms with Crippen LogP contribution in [-0.4, -0.2) is 26.9 Å². The third-order valence-electron chi connectivity index (χ3n) is 3.07. The van der Waals surface area contributed by atoms with Crippen molar-refractivity contribution in [1.82, 2.24) is 20.3 Å². The lowest BCUT2D eigenvalue weighted by atomic mass is 10.2. The predicted octanol–water partition coefficient (Wildman–Crippen LogP) is 2.01. The summed E-state index contributed by atoms with van der Waals surface area (Å²) in [5.74, 6) is 0.414. The van der Waals surface area contributed by atoms with Gasteiger partial charge in [-0.1, -0.05) is 13.0 Å². The molecule has 2 heterocycles. The molecule has 110 valence electrons. The molecule has 0 aliphatic rings. The van der Waals surface area contributed by atoms with Crippen LogP contribution in [0.5, 0.6) is 0 Å². The van der Waals surface area contributed by atoms with E-state index in [4.69, 9.17) is 0 Å². The lowest BCUT2D eigenvalue weighted by Crippen LogP contribution is -2.32. The number of rotatable bonds is 6. The van der Waals surface area contributed by atoms with Crippen LogP contribution in [0.25, 0.3) is 0 Å². The molecule has 0 saturated carbocycles. The number of aromatic nitrogens is 3. The summed E-state index contributed by atoms with van der Waals surface area (Å²) in [6.45, 7) is 4.52. The lowest BCUT2D eigenvalue weighted by Gasteiger charge is -2.11. The van der Waals surface area contributed by atoms with Crippen molar-refractivity contribution in [3.8, 4) is 0 Å². The minimum atomic E-state index is -0.187. The van der Waals surface area contributed by atoms with E-state index in [2.05, 4.69) is 25.6 Å². The number of pyridine rings is 1. The first-order chi connectivity index (χ1) is 10.2. The summed E-state index contributed by atoms with van der Waals surface area (Å²) in [7, 11) is 0. The Kier molecular flexibility index (Phi) is 5.20. The highest BCUT2D eigenvalue weighted by Gasteiger charge is 2.10. The van der Waals surface area contributed by atoms with Crippen LogP contribution >= 0.6 is 0 Å². The van der Waals surface area contributed by atoms with E-state index >= 15 is 0 Å². The summed E-state index contributed by atoms with van der Waals surface area (Å²) in [6.07, 6.45) is 4.00. The molecular formula is C15H19N5O. The van der Waals surface area contributed by atoms with Gasteiger partial charge in [0.2, 0.25) is 0 Å². The molecular weight excluding hydrogens is 266 g/mol. The van der Waals surface area contributed by atoms with E-state index in [0.29, 0.717) is 18.1 Å². The molecule has 21 heavy (non-hydrogen) atoms. The average Bonchev–Trinajstić information content (AvgIpc) is 2.54. The SMILES string of the molecule is CCC(C)NC(=O)c1cc(NCc2ccccn2)ncn1. The molecule has 1 unspecified atom stereocenters. The maximum atomic E-state index is 12.0. The molecule has 0 spiro atoms. The van der Waals surface area contributed by atoms with E-state index < -0.39 is 0 Å². The number of nitrogens with zero attached hydrogens (tertiary/aromatic N) is 3. The normalized spacial score (nSPS) is 11.7. The highest BCUT2D eigenvalue weighted by Crippen LogP contribution is 2.06. The molecule has 0 fully saturated rings. The summed E-state index contributed by atoms with van der Waals surface area (Å²) in [4.78, 5) is 24.3. The van der Waals surface area contributed by atoms with Gasteiger partial charge >= 0.3 is 0 Å². The fourth-order valence-electron chi connectivity index (χ4n) is 1.66. The Hall–Kier alpha value is -2.50. The fourth-order valence-corrected chi connectivity index (χ4v) is 1.66. The molecule has 2 aromatic heterocycles. The average molecular weight is 285 g/mol. The summed E-state index contributed by atoms with van der Waals surface area (Å²) < 4.78 is 0. The van der Waals surface area contributed by atoms with Crippen LogP contribution in [0, 0.1) is 0 Å². The van der Waals surface area contributed by atoms with Gasteiger partial charge in [0.25, 0.3) is 5.91 Å². The highest BCUT2D eigenvalue weighted by atomic mass is 16.1. The number of hydrogen-bond acceptors (Lipinski definition) is 5. The smallest absolute Gasteiger partial charge is 0.270 e. The van der Waals surface area contributed by atoms with Crippen molar-refractivity contribution in [3.05, 3.63) is 48.2 Å². The lowest BCUT2D eigenvalue weighted by molar-refractivity contribution is 0.0934. The molecule has 0 aromatic carbocycles. The van der Waals surface area contributed by atoms with Crippen molar-refractivity contribution in [2.45, 2.75) is 32.9 Å². The van der Waals surface area contributed by atoms with Gasteiger partial charge in [0.1, 0.15) is 17.8 Å². The predicted molar refractivity (Wildman–Crippen MR) is 80.8 cm³/mol. The molecule has 0 saturated heterocycles. The summed E-state index contributed by atoms with van der Waals surface area (Å²) in [5, 5.41) is 6.01. The zero-order valence-electron chi connectivity index (χ0n) is 12.2. The molecule has 0 bridgehead atoms. The van der Waals surface area contributed by atoms with Crippen molar-refractivity contribution in [2.75, 3.05) is 5.32 Å². The molecule has 0 aliphatic heterocycles. The summed E-state index contributed by atoms with van der Waals surface area (Å²) in [5.41, 5.74) is 1.26. The largest absolute Gasteiger partial charge is 0.364 e. The monoisotopic (exact) mass is 285 g/mol. The van der Waals surface area contributed by atoms with Crippen LogP contribution in [0.15, 0.2) is 36.8 Å². The van der Waals surface area contributed by atoms with E-state index in [1.165, 1.54) is 6.33 Å². The van der Waals surface area contributed by atoms with Gasteiger partial charge in [0.15, 0.2) is 0 Å². The van der Waals surface area contributed by atoms with Gasteiger partial charge in [-0.25, -0.2) is 9.97 Å². The van der Waals surface area contributed by atoms with Gasteiger partial charge < -0.3 is 10.6 Å². The Labute approximate surface area is 124 Å². The van der Waals surface area contributed by atoms with Crippen molar-refractivity contribution in [3.63, 3.8) is 0 Å². The summed E-state index contributed by atoms with van der Waals surface area (Å²) in [6, 6.07) is 7.48. The second-order valence-electron chi connectivity index (χ2n) is 4.75. The van der Waals surface area contributed by atoms with Crippen LogP contribution in [0.3, 0.4) is 0 Å². The third kappa shape index (κ3) is 4.52. The van der Waals surface area contributed by atoms with Crippen molar-refractivity contribution >= 4 is 11.7 Å². The molecule has 1 atom stereocenters. The van der Waals surface area contributed by atoms with E-state index in [9.17, 15) is 4.79 Å². The van der Waals surface area contributed by atoms with E-state index in [1.54, 1.807) is 12.3 Å². The second-order valence-corrected chi connectivity index (χ2v) is 4.75. The van der Waals surface area contributed by atoms with Crippen LogP contribution < -0.4 is 10.6 Å². The third-order valence-corrected chi connectivity index (χ3v) is 3.07. The maximum Gasteiger partial charge on any atom is 0.270 e. The Morgan fingerprint density at radius 2 is 2.14 bits per heavy atom. The van der Waals surface area contributed by atoms with Crippen molar-refractivity contribution < 1.29 is 4.79 Å². The first-order valence-corrected chi connectivity index (χ1v) is 6.95. The van der Waals surface area contributed by atoms with E-state index in [0.717, 1.165) is 12.1 Å². The van der Waals surface area contributed by atoms with Gasteiger partial charge in [-0.2, -0.15) is 0 Å². The number of carbonyl (C=O) groups excluding carboxylic acids is 1. The van der Waals surface area contributed by atoms with Crippen LogP contribution in [0.1, 0.15) is 36.5 Å². The second kappa shape index (κ2) is 7.33. The van der Waals surface area contributed by atoms with Crippen molar-refractivity contribution in [2.24, 2.45) is 0 Å². The Balaban J connectivity index is 1.99. The van der Waals surface area contributed by atoms with E-state index in [-0.39, 0.29) is 11.9 Å². The highest BCUT2D eigenvalue weighted by molar-refractivity contribution is 5.93. The quantitative estimate of drug-likeness (QED) is 0.848. The minimum Gasteiger partial charge on any atom is -0.364 e. The van der Waals surface area contributed by atoms with Gasteiger partial charge in [-0.3, -0.25) is 9.78 Å². The number of nitrogens with one attached hydrogen (secondary N) is 2. The van der Waals surface area contributed by atoms with Crippen LogP contribution in [0.2, 0.25) is 0 Å². The Morgan fingerprint density at radius 1 is 1.29 bits per heavy atom. The first kappa shape index (κ1) is 14.9. The molecule has 2 rings (SSSR count). The maximum absolute atomic E-state index is 12.0. The van der Waals surface area contributed by atoms with Crippen molar-refractivity contribution in [1.29, 1.82) is 0 Å². The van der Waals surface area contributed by atoms with Crippen LogP contribution in [0.4, 0.5) is 5.82 Å². The molecule has 6 heteroatoms. The Bertz CT molecular complexity index is 588. The standard InChI is InChI=1S/C15H19N5O/c1-3-11(2)20-15(21)13-8-14(19-10-18-13)17-9-12-6-4-5-7-16-12/h4-8,10-11H,3,9H2,1-2H3,(H,20,21)(H,17,18,19). The zero-order valence-corrected chi connectivity index (χ0v) is 12.2. The summed E-state index contributed by atoms with van der Waals surface area (Å²) >= 11 is 0. The molecule has 0 radical (unpaired) electrons. The van der Waals surface area contributed by atoms with Gasteiger partial charge in [0.05, 0.1) is 12.2 Å². The van der Waals surface area contributed by atoms with Gasteiger partial charge in [-0.15, -0.1) is 0 Å². The van der Waals surface area contributed by atoms with Gasteiger partial charge in [0, 0.05) is 18.3 Å². The van der Waals surface area contributed by atoms with Crippen LogP contribution in [-0.2, 0) is 6.54 Å². The molecule has 0 aliphatic carbocycles. The number of hydrogen-bond donors (Lipinski definition) is 2. The fraction of sp³-hybridized carbons (Fsp3) is 0.333. The topological polar surface area (TPSA) is 79.8 Å². The van der Waals surface area contributed by atoms with Gasteiger partial charge in [-0.05, 0) is 25.5 Å².